The van der Waals surface area contributed by atoms with Gasteiger partial charge in [-0.1, -0.05) is 252 Å². The van der Waals surface area contributed by atoms with Crippen LogP contribution < -0.4 is 5.32 Å². The fraction of sp³-hybridized carbons (Fsp3) is 0.706. The molecule has 0 saturated carbocycles. The monoisotopic (exact) mass is 1110 g/mol. The van der Waals surface area contributed by atoms with Crippen molar-refractivity contribution in [3.05, 3.63) is 109 Å². The Morgan fingerprint density at radius 2 is 0.833 bits per heavy atom. The number of likely N-dealkylation sites (N-methyl/N-ethyl adjacent to an activating group) is 1. The van der Waals surface area contributed by atoms with E-state index in [1.807, 2.05) is 39.4 Å². The molecule has 0 heterocycles. The van der Waals surface area contributed by atoms with Crippen molar-refractivity contribution in [1.82, 2.24) is 5.32 Å². The van der Waals surface area contributed by atoms with Gasteiger partial charge in [-0.2, -0.15) is 0 Å². The zero-order valence-electron chi connectivity index (χ0n) is 51.1. The molecule has 2 N–H and O–H groups in total. The van der Waals surface area contributed by atoms with Gasteiger partial charge in [0.15, 0.2) is 0 Å². The molecule has 0 spiro atoms. The molecule has 0 aromatic rings. The lowest BCUT2D eigenvalue weighted by Crippen LogP contribution is -2.47. The Bertz CT molecular complexity index is 1700. The number of esters is 1. The molecule has 9 nitrogen and oxygen atoms in total. The lowest BCUT2D eigenvalue weighted by molar-refractivity contribution is -0.870. The van der Waals surface area contributed by atoms with Gasteiger partial charge in [0.2, 0.25) is 5.91 Å². The lowest BCUT2D eigenvalue weighted by Gasteiger charge is -2.27. The van der Waals surface area contributed by atoms with E-state index in [0.29, 0.717) is 23.9 Å². The van der Waals surface area contributed by atoms with Crippen LogP contribution in [0.3, 0.4) is 0 Å². The summed E-state index contributed by atoms with van der Waals surface area (Å²) in [5.41, 5.74) is 0. The largest absolute Gasteiger partial charge is 0.472 e. The van der Waals surface area contributed by atoms with Gasteiger partial charge in [-0.15, -0.1) is 0 Å². The SMILES string of the molecule is CC/C=C\C/C=C\C/C=C\C/C=C\C/C=C\C/C=C\CCC(=O)OC(/C=C/CCCCCCCCCCCC)C(COP(=O)(O)OCC[N+](C)(C)C)NC(=O)CCCCCCCCCCCCC/C=C\C/C=C\CCCCC. The second-order valence-corrected chi connectivity index (χ2v) is 23.6. The fourth-order valence-electron chi connectivity index (χ4n) is 8.58. The highest BCUT2D eigenvalue weighted by Gasteiger charge is 2.30. The zero-order valence-corrected chi connectivity index (χ0v) is 52.0. The summed E-state index contributed by atoms with van der Waals surface area (Å²) < 4.78 is 30.6. The molecule has 0 aromatic heterocycles. The minimum absolute atomic E-state index is 0.0238. The Morgan fingerprint density at radius 1 is 0.462 bits per heavy atom. The number of hydrogen-bond acceptors (Lipinski definition) is 6. The van der Waals surface area contributed by atoms with Gasteiger partial charge in [0.05, 0.1) is 33.8 Å². The van der Waals surface area contributed by atoms with Crippen LogP contribution >= 0.6 is 7.82 Å². The number of phosphoric ester groups is 1. The number of ether oxygens (including phenoxy) is 1. The number of hydrogen-bond donors (Lipinski definition) is 2. The number of unbranched alkanes of at least 4 members (excludes halogenated alkanes) is 24. The van der Waals surface area contributed by atoms with Crippen molar-refractivity contribution >= 4 is 19.7 Å². The highest BCUT2D eigenvalue weighted by Crippen LogP contribution is 2.43. The molecular formula is C68H120N2O7P+. The third-order valence-corrected chi connectivity index (χ3v) is 14.4. The maximum atomic E-state index is 13.6. The van der Waals surface area contributed by atoms with Crippen LogP contribution in [0.5, 0.6) is 0 Å². The highest BCUT2D eigenvalue weighted by atomic mass is 31.2. The van der Waals surface area contributed by atoms with Crippen molar-refractivity contribution < 1.29 is 37.3 Å². The van der Waals surface area contributed by atoms with Crippen LogP contribution in [-0.2, 0) is 27.9 Å². The molecule has 78 heavy (non-hydrogen) atoms. The van der Waals surface area contributed by atoms with Crippen LogP contribution in [0.15, 0.2) is 109 Å². The van der Waals surface area contributed by atoms with Gasteiger partial charge in [0.1, 0.15) is 19.3 Å². The maximum Gasteiger partial charge on any atom is 0.472 e. The summed E-state index contributed by atoms with van der Waals surface area (Å²) in [7, 11) is 1.45. The van der Waals surface area contributed by atoms with E-state index in [9.17, 15) is 19.0 Å². The summed E-state index contributed by atoms with van der Waals surface area (Å²) in [4.78, 5) is 37.7. The fourth-order valence-corrected chi connectivity index (χ4v) is 9.32. The molecule has 0 radical (unpaired) electrons. The third-order valence-electron chi connectivity index (χ3n) is 13.5. The molecule has 1 amide bonds. The van der Waals surface area contributed by atoms with Crippen molar-refractivity contribution in [2.24, 2.45) is 0 Å². The molecule has 3 unspecified atom stereocenters. The number of allylic oxidation sites excluding steroid dienone is 17. The Labute approximate surface area is 481 Å². The number of phosphoric acid groups is 1. The number of amides is 1. The average molecular weight is 1110 g/mol. The second kappa shape index (κ2) is 56.9. The Balaban J connectivity index is 5.33. The average Bonchev–Trinajstić information content (AvgIpc) is 3.40. The van der Waals surface area contributed by atoms with Crippen molar-refractivity contribution in [2.45, 2.75) is 270 Å². The lowest BCUT2D eigenvalue weighted by atomic mass is 10.0. The maximum absolute atomic E-state index is 13.6. The topological polar surface area (TPSA) is 111 Å². The number of nitrogens with one attached hydrogen (secondary N) is 1. The number of nitrogens with zero attached hydrogens (tertiary/aromatic N) is 1. The molecule has 0 fully saturated rings. The first-order chi connectivity index (χ1) is 37.9. The Hall–Kier alpha value is -3.33. The van der Waals surface area contributed by atoms with Gasteiger partial charge in [0.25, 0.3) is 0 Å². The van der Waals surface area contributed by atoms with Crippen LogP contribution in [0.4, 0.5) is 0 Å². The standard InChI is InChI=1S/C68H119N2O7P/c1-7-10-13-16-19-22-25-28-30-32-34-35-37-38-40-42-45-48-51-54-57-60-67(71)69-65(64-76-78(73,74)75-63-62-70(4,5)6)66(59-56-53-50-47-44-27-24-21-18-15-12-9-3)77-68(72)61-58-55-52-49-46-43-41-39-36-33-31-29-26-23-20-17-14-11-8-2/h11,14,19-20,22-23,28-31,36,39,43,46,52,55-56,59,65-66H,7-10,12-13,15-18,21,24-27,32-35,37-38,40-42,44-45,47-51,53-54,57-58,60-64H2,1-6H3,(H-,69,71,73,74)/p+1/b14-11-,22-19-,23-20-,30-28-,31-29-,39-36-,46-43-,55-52-,59-56+. The molecule has 448 valence electrons. The van der Waals surface area contributed by atoms with E-state index in [1.165, 1.54) is 128 Å². The summed E-state index contributed by atoms with van der Waals surface area (Å²) in [6.45, 7) is 6.82. The molecule has 0 aliphatic heterocycles. The van der Waals surface area contributed by atoms with Crippen molar-refractivity contribution in [2.75, 3.05) is 40.9 Å². The number of carbonyl (C=O) groups excluding carboxylic acids is 2. The van der Waals surface area contributed by atoms with Gasteiger partial charge >= 0.3 is 13.8 Å². The quantitative estimate of drug-likeness (QED) is 0.0205. The summed E-state index contributed by atoms with van der Waals surface area (Å²) in [5.74, 6) is -0.608. The summed E-state index contributed by atoms with van der Waals surface area (Å²) in [5, 5.41) is 3.04. The van der Waals surface area contributed by atoms with Gasteiger partial charge in [0, 0.05) is 12.8 Å². The predicted molar refractivity (Wildman–Crippen MR) is 337 cm³/mol. The van der Waals surface area contributed by atoms with Crippen molar-refractivity contribution in [1.29, 1.82) is 0 Å². The van der Waals surface area contributed by atoms with E-state index >= 15 is 0 Å². The molecule has 0 aliphatic rings. The molecule has 10 heteroatoms. The number of carbonyl (C=O) groups is 2. The third kappa shape index (κ3) is 57.4. The Morgan fingerprint density at radius 3 is 1.28 bits per heavy atom. The van der Waals surface area contributed by atoms with E-state index in [2.05, 4.69) is 117 Å². The smallest absolute Gasteiger partial charge is 0.456 e. The van der Waals surface area contributed by atoms with Gasteiger partial charge in [-0.25, -0.2) is 4.57 Å². The summed E-state index contributed by atoms with van der Waals surface area (Å²) >= 11 is 0. The number of quaternary nitrogens is 1. The van der Waals surface area contributed by atoms with Crippen molar-refractivity contribution in [3.63, 3.8) is 0 Å². The van der Waals surface area contributed by atoms with Crippen LogP contribution in [-0.4, -0.2) is 74.3 Å². The first-order valence-corrected chi connectivity index (χ1v) is 33.2. The van der Waals surface area contributed by atoms with E-state index in [1.54, 1.807) is 0 Å². The van der Waals surface area contributed by atoms with Gasteiger partial charge < -0.3 is 19.4 Å². The molecule has 3 atom stereocenters. The van der Waals surface area contributed by atoms with E-state index < -0.39 is 25.9 Å². The van der Waals surface area contributed by atoms with Gasteiger partial charge in [-0.05, 0) is 102 Å². The van der Waals surface area contributed by atoms with Crippen molar-refractivity contribution in [3.8, 4) is 0 Å². The predicted octanol–water partition coefficient (Wildman–Crippen LogP) is 19.7. The van der Waals surface area contributed by atoms with Gasteiger partial charge in [-0.3, -0.25) is 18.6 Å². The van der Waals surface area contributed by atoms with E-state index in [-0.39, 0.29) is 25.5 Å². The molecule has 0 aromatic carbocycles. The zero-order chi connectivity index (χ0) is 57.2. The van der Waals surface area contributed by atoms with Crippen LogP contribution in [0.1, 0.15) is 258 Å². The molecular weight excluding hydrogens is 988 g/mol. The van der Waals surface area contributed by atoms with Crippen LogP contribution in [0.25, 0.3) is 0 Å². The van der Waals surface area contributed by atoms with E-state index in [4.69, 9.17) is 13.8 Å². The highest BCUT2D eigenvalue weighted by molar-refractivity contribution is 7.47. The number of rotatable bonds is 56. The van der Waals surface area contributed by atoms with Crippen LogP contribution in [0, 0.1) is 0 Å². The normalized spacial score (nSPS) is 14.4. The molecule has 0 bridgehead atoms. The minimum Gasteiger partial charge on any atom is -0.456 e. The summed E-state index contributed by atoms with van der Waals surface area (Å²) in [6, 6.07) is -0.887. The second-order valence-electron chi connectivity index (χ2n) is 22.2. The first-order valence-electron chi connectivity index (χ1n) is 31.7. The minimum atomic E-state index is -4.47. The molecule has 0 aliphatic carbocycles. The molecule has 0 saturated heterocycles. The van der Waals surface area contributed by atoms with E-state index in [0.717, 1.165) is 89.9 Å². The first kappa shape index (κ1) is 74.7. The van der Waals surface area contributed by atoms with Crippen LogP contribution in [0.2, 0.25) is 0 Å². The summed E-state index contributed by atoms with van der Waals surface area (Å²) in [6.07, 6.45) is 78.2. The Kier molecular flexibility index (Phi) is 54.5. The molecule has 0 rings (SSSR count).